The Morgan fingerprint density at radius 1 is 0.833 bits per heavy atom. The molecule has 0 aliphatic carbocycles. The van der Waals surface area contributed by atoms with Crippen LogP contribution in [-0.4, -0.2) is 27.4 Å². The van der Waals surface area contributed by atoms with Gasteiger partial charge in [0.05, 0.1) is 11.8 Å². The molecular weight excluding hydrogens is 374 g/mol. The summed E-state index contributed by atoms with van der Waals surface area (Å²) in [6.07, 6.45) is 0.850. The van der Waals surface area contributed by atoms with Crippen LogP contribution in [0.3, 0.4) is 0 Å². The number of rotatable bonds is 7. The smallest absolute Gasteiger partial charge is 0.193 e. The molecule has 0 saturated heterocycles. The Labute approximate surface area is 175 Å². The fourth-order valence-electron chi connectivity index (χ4n) is 3.15. The lowest BCUT2D eigenvalue weighted by molar-refractivity contribution is 0.103. The molecule has 148 valence electrons. The van der Waals surface area contributed by atoms with Crippen LogP contribution in [0.5, 0.6) is 0 Å². The molecule has 0 unspecified atom stereocenters. The van der Waals surface area contributed by atoms with E-state index in [1.54, 1.807) is 12.1 Å². The summed E-state index contributed by atoms with van der Waals surface area (Å²) in [6, 6.07) is 27.9. The van der Waals surface area contributed by atoms with Crippen LogP contribution in [0.2, 0.25) is 0 Å². The third-order valence-electron chi connectivity index (χ3n) is 4.81. The number of ketones is 1. The summed E-state index contributed by atoms with van der Waals surface area (Å²) in [5.74, 6) is 0.613. The molecule has 0 saturated carbocycles. The molecule has 30 heavy (non-hydrogen) atoms. The first kappa shape index (κ1) is 19.5. The van der Waals surface area contributed by atoms with E-state index in [1.807, 2.05) is 78.9 Å². The number of carbonyl (C=O) groups excluding carboxylic acids is 1. The van der Waals surface area contributed by atoms with E-state index in [0.29, 0.717) is 23.5 Å². The number of nitrogens with one attached hydrogen (secondary N) is 1. The maximum atomic E-state index is 12.6. The molecule has 0 spiro atoms. The molecule has 0 radical (unpaired) electrons. The van der Waals surface area contributed by atoms with Crippen LogP contribution < -0.4 is 5.32 Å². The number of hydrogen-bond acceptors (Lipinski definition) is 5. The maximum absolute atomic E-state index is 12.6. The van der Waals surface area contributed by atoms with Crippen molar-refractivity contribution >= 4 is 11.6 Å². The normalized spacial score (nSPS) is 11.6. The fraction of sp³-hybridized carbons (Fsp3) is 0.0800. The van der Waals surface area contributed by atoms with Crippen LogP contribution in [0.25, 0.3) is 11.3 Å². The first-order chi connectivity index (χ1) is 14.7. The summed E-state index contributed by atoms with van der Waals surface area (Å²) in [7, 11) is 0. The van der Waals surface area contributed by atoms with Crippen LogP contribution in [0.15, 0.2) is 97.3 Å². The van der Waals surface area contributed by atoms with E-state index < -0.39 is 6.10 Å². The van der Waals surface area contributed by atoms with Gasteiger partial charge in [0.15, 0.2) is 5.78 Å². The lowest BCUT2D eigenvalue weighted by atomic mass is 10.0. The van der Waals surface area contributed by atoms with Crippen molar-refractivity contribution in [1.82, 2.24) is 9.97 Å². The van der Waals surface area contributed by atoms with Crippen LogP contribution in [-0.2, 0) is 0 Å². The number of nitrogens with zero attached hydrogens (tertiary/aromatic N) is 2. The topological polar surface area (TPSA) is 75.1 Å². The average molecular weight is 395 g/mol. The van der Waals surface area contributed by atoms with Gasteiger partial charge in [-0.1, -0.05) is 84.9 Å². The summed E-state index contributed by atoms with van der Waals surface area (Å²) >= 11 is 0. The minimum absolute atomic E-state index is 0.0120. The zero-order chi connectivity index (χ0) is 20.8. The SMILES string of the molecule is O=C(c1ccccc1)c1ccc(-c2cc(NC[C@H](O)c3ccccc3)ncn2)cc1. The van der Waals surface area contributed by atoms with Gasteiger partial charge in [0.1, 0.15) is 12.1 Å². The van der Waals surface area contributed by atoms with Crippen LogP contribution in [0.1, 0.15) is 27.6 Å². The van der Waals surface area contributed by atoms with Crippen molar-refractivity contribution in [1.29, 1.82) is 0 Å². The number of benzene rings is 3. The van der Waals surface area contributed by atoms with Gasteiger partial charge in [0.25, 0.3) is 0 Å². The number of carbonyl (C=O) groups is 1. The van der Waals surface area contributed by atoms with Gasteiger partial charge >= 0.3 is 0 Å². The summed E-state index contributed by atoms with van der Waals surface area (Å²) in [5, 5.41) is 13.5. The van der Waals surface area contributed by atoms with Crippen molar-refractivity contribution in [3.8, 4) is 11.3 Å². The van der Waals surface area contributed by atoms with Gasteiger partial charge in [-0.15, -0.1) is 0 Å². The summed E-state index contributed by atoms with van der Waals surface area (Å²) in [5.41, 5.74) is 3.76. The average Bonchev–Trinajstić information content (AvgIpc) is 2.83. The Hall–Kier alpha value is -3.83. The van der Waals surface area contributed by atoms with E-state index in [4.69, 9.17) is 0 Å². The molecular formula is C25H21N3O2. The second-order valence-electron chi connectivity index (χ2n) is 6.87. The van der Waals surface area contributed by atoms with E-state index in [9.17, 15) is 9.90 Å². The Morgan fingerprint density at radius 2 is 1.47 bits per heavy atom. The quantitative estimate of drug-likeness (QED) is 0.450. The Kier molecular flexibility index (Phi) is 5.92. The van der Waals surface area contributed by atoms with Gasteiger partial charge < -0.3 is 10.4 Å². The molecule has 4 rings (SSSR count). The summed E-state index contributed by atoms with van der Waals surface area (Å²) in [6.45, 7) is 0.338. The van der Waals surface area contributed by atoms with Gasteiger partial charge in [0, 0.05) is 29.3 Å². The molecule has 3 aromatic carbocycles. The second-order valence-corrected chi connectivity index (χ2v) is 6.87. The van der Waals surface area contributed by atoms with Gasteiger partial charge in [-0.3, -0.25) is 4.79 Å². The van der Waals surface area contributed by atoms with Crippen molar-refractivity contribution in [2.45, 2.75) is 6.10 Å². The molecule has 0 fully saturated rings. The maximum Gasteiger partial charge on any atom is 0.193 e. The largest absolute Gasteiger partial charge is 0.387 e. The van der Waals surface area contributed by atoms with Gasteiger partial charge in [-0.2, -0.15) is 0 Å². The fourth-order valence-corrected chi connectivity index (χ4v) is 3.15. The summed E-state index contributed by atoms with van der Waals surface area (Å²) < 4.78 is 0. The van der Waals surface area contributed by atoms with Gasteiger partial charge in [-0.25, -0.2) is 9.97 Å². The number of hydrogen-bond donors (Lipinski definition) is 2. The second kappa shape index (κ2) is 9.11. The highest BCUT2D eigenvalue weighted by molar-refractivity contribution is 6.09. The molecule has 1 atom stereocenters. The highest BCUT2D eigenvalue weighted by Crippen LogP contribution is 2.21. The molecule has 1 aromatic heterocycles. The Morgan fingerprint density at radius 3 is 2.17 bits per heavy atom. The lowest BCUT2D eigenvalue weighted by Gasteiger charge is -2.13. The Balaban J connectivity index is 1.45. The molecule has 0 aliphatic heterocycles. The standard InChI is InChI=1S/C25H21N3O2/c29-23(19-7-3-1-4-8-19)16-26-24-15-22(27-17-28-24)18-11-13-21(14-12-18)25(30)20-9-5-2-6-10-20/h1-15,17,23,29H,16H2,(H,26,27,28)/t23-/m0/s1. The molecule has 1 heterocycles. The van der Waals surface area contributed by atoms with Crippen molar-refractivity contribution in [2.24, 2.45) is 0 Å². The zero-order valence-corrected chi connectivity index (χ0v) is 16.3. The predicted molar refractivity (Wildman–Crippen MR) is 117 cm³/mol. The molecule has 0 bridgehead atoms. The molecule has 0 aliphatic rings. The number of aromatic nitrogens is 2. The third kappa shape index (κ3) is 4.59. The number of aliphatic hydroxyl groups excluding tert-OH is 1. The van der Waals surface area contributed by atoms with E-state index in [-0.39, 0.29) is 5.78 Å². The predicted octanol–water partition coefficient (Wildman–Crippen LogP) is 4.52. The van der Waals surface area contributed by atoms with E-state index in [2.05, 4.69) is 15.3 Å². The highest BCUT2D eigenvalue weighted by Gasteiger charge is 2.10. The minimum atomic E-state index is -0.632. The van der Waals surface area contributed by atoms with Crippen LogP contribution >= 0.6 is 0 Å². The minimum Gasteiger partial charge on any atom is -0.387 e. The molecule has 5 nitrogen and oxygen atoms in total. The van der Waals surface area contributed by atoms with E-state index >= 15 is 0 Å². The van der Waals surface area contributed by atoms with Gasteiger partial charge in [0.2, 0.25) is 0 Å². The van der Waals surface area contributed by atoms with Crippen molar-refractivity contribution in [3.05, 3.63) is 114 Å². The highest BCUT2D eigenvalue weighted by atomic mass is 16.3. The van der Waals surface area contributed by atoms with E-state index in [0.717, 1.165) is 16.8 Å². The first-order valence-electron chi connectivity index (χ1n) is 9.70. The summed E-state index contributed by atoms with van der Waals surface area (Å²) in [4.78, 5) is 21.1. The Bertz CT molecular complexity index is 1110. The molecule has 4 aromatic rings. The molecule has 5 heteroatoms. The van der Waals surface area contributed by atoms with Gasteiger partial charge in [-0.05, 0) is 5.56 Å². The van der Waals surface area contributed by atoms with E-state index in [1.165, 1.54) is 6.33 Å². The van der Waals surface area contributed by atoms with Crippen molar-refractivity contribution in [3.63, 3.8) is 0 Å². The van der Waals surface area contributed by atoms with Crippen LogP contribution in [0, 0.1) is 0 Å². The van der Waals surface area contributed by atoms with Crippen LogP contribution in [0.4, 0.5) is 5.82 Å². The lowest BCUT2D eigenvalue weighted by Crippen LogP contribution is -2.13. The molecule has 0 amide bonds. The molecule has 2 N–H and O–H groups in total. The van der Waals surface area contributed by atoms with Crippen molar-refractivity contribution in [2.75, 3.05) is 11.9 Å². The first-order valence-corrected chi connectivity index (χ1v) is 9.70. The zero-order valence-electron chi connectivity index (χ0n) is 16.3. The van der Waals surface area contributed by atoms with Crippen molar-refractivity contribution < 1.29 is 9.90 Å². The number of aliphatic hydroxyl groups is 1. The monoisotopic (exact) mass is 395 g/mol. The third-order valence-corrected chi connectivity index (χ3v) is 4.81. The number of anilines is 1.